The molecule has 0 radical (unpaired) electrons. The first-order valence-corrected chi connectivity index (χ1v) is 11.8. The molecule has 2 heterocycles. The molecule has 1 unspecified atom stereocenters. The first kappa shape index (κ1) is 20.9. The van der Waals surface area contributed by atoms with Gasteiger partial charge in [0, 0.05) is 19.0 Å². The van der Waals surface area contributed by atoms with Gasteiger partial charge in [-0.2, -0.15) is 0 Å². The summed E-state index contributed by atoms with van der Waals surface area (Å²) < 4.78 is 36.5. The monoisotopic (exact) mass is 442 g/mol. The van der Waals surface area contributed by atoms with Crippen molar-refractivity contribution in [3.63, 3.8) is 0 Å². The lowest BCUT2D eigenvalue weighted by atomic mass is 10.2. The Kier molecular flexibility index (Phi) is 6.51. The van der Waals surface area contributed by atoms with Crippen molar-refractivity contribution in [1.82, 2.24) is 10.2 Å². The van der Waals surface area contributed by atoms with E-state index in [1.54, 1.807) is 18.2 Å². The van der Waals surface area contributed by atoms with Gasteiger partial charge in [0.15, 0.2) is 9.84 Å². The molecule has 1 aromatic rings. The molecule has 6 nitrogen and oxygen atoms in total. The number of sulfone groups is 1. The summed E-state index contributed by atoms with van der Waals surface area (Å²) in [6, 6.07) is 5.59. The number of carbonyl (C=O) groups is 2. The zero-order chi connectivity index (χ0) is 20.3. The fourth-order valence-corrected chi connectivity index (χ4v) is 6.03. The average molecular weight is 443 g/mol. The number of thioether (sulfide) groups is 1. The number of carbonyl (C=O) groups excluding carboxylic acids is 2. The fourth-order valence-electron chi connectivity index (χ4n) is 3.05. The maximum atomic E-state index is 13.3. The Balaban J connectivity index is 1.50. The lowest BCUT2D eigenvalue weighted by molar-refractivity contribution is -0.124. The smallest absolute Gasteiger partial charge is 0.266 e. The quantitative estimate of drug-likeness (QED) is 0.537. The lowest BCUT2D eigenvalue weighted by Crippen LogP contribution is -2.36. The predicted octanol–water partition coefficient (Wildman–Crippen LogP) is 2.11. The second-order valence-electron chi connectivity index (χ2n) is 6.66. The highest BCUT2D eigenvalue weighted by Crippen LogP contribution is 2.32. The molecule has 2 aliphatic heterocycles. The number of benzene rings is 1. The molecule has 0 aromatic heterocycles. The van der Waals surface area contributed by atoms with Gasteiger partial charge in [-0.05, 0) is 36.6 Å². The SMILES string of the molecule is O=C(CCCN1C(=O)C(=Cc2cccc(F)c2)SC1=S)NC1CCS(=O)(=O)C1. The number of halogens is 1. The van der Waals surface area contributed by atoms with Gasteiger partial charge in [0.05, 0.1) is 16.4 Å². The predicted molar refractivity (Wildman–Crippen MR) is 111 cm³/mol. The molecule has 1 atom stereocenters. The van der Waals surface area contributed by atoms with Crippen molar-refractivity contribution in [2.75, 3.05) is 18.1 Å². The molecule has 2 amide bonds. The summed E-state index contributed by atoms with van der Waals surface area (Å²) in [7, 11) is -3.04. The van der Waals surface area contributed by atoms with Gasteiger partial charge in [0.1, 0.15) is 10.1 Å². The third-order valence-corrected chi connectivity index (χ3v) is 7.55. The maximum Gasteiger partial charge on any atom is 0.266 e. The van der Waals surface area contributed by atoms with Gasteiger partial charge in [0.2, 0.25) is 5.91 Å². The normalized spacial score (nSPS) is 22.8. The molecule has 0 saturated carbocycles. The van der Waals surface area contributed by atoms with Crippen molar-refractivity contribution in [2.45, 2.75) is 25.3 Å². The van der Waals surface area contributed by atoms with Crippen LogP contribution in [0.15, 0.2) is 29.2 Å². The van der Waals surface area contributed by atoms with Crippen LogP contribution in [0.4, 0.5) is 4.39 Å². The molecule has 0 bridgehead atoms. The number of rotatable bonds is 6. The molecule has 150 valence electrons. The third kappa shape index (κ3) is 5.39. The lowest BCUT2D eigenvalue weighted by Gasteiger charge is -2.15. The van der Waals surface area contributed by atoms with E-state index in [4.69, 9.17) is 12.2 Å². The van der Waals surface area contributed by atoms with Crippen LogP contribution in [-0.4, -0.2) is 53.5 Å². The Morgan fingerprint density at radius 2 is 2.21 bits per heavy atom. The van der Waals surface area contributed by atoms with Crippen LogP contribution in [0.5, 0.6) is 0 Å². The van der Waals surface area contributed by atoms with Crippen LogP contribution in [0.1, 0.15) is 24.8 Å². The summed E-state index contributed by atoms with van der Waals surface area (Å²) in [5, 5.41) is 2.72. The van der Waals surface area contributed by atoms with Gasteiger partial charge in [0.25, 0.3) is 5.91 Å². The van der Waals surface area contributed by atoms with E-state index in [1.165, 1.54) is 17.0 Å². The molecular weight excluding hydrogens is 423 g/mol. The van der Waals surface area contributed by atoms with Gasteiger partial charge in [-0.25, -0.2) is 12.8 Å². The summed E-state index contributed by atoms with van der Waals surface area (Å²) in [5.74, 6) is -0.792. The van der Waals surface area contributed by atoms with E-state index >= 15 is 0 Å². The Hall–Kier alpha value is -1.78. The second kappa shape index (κ2) is 8.71. The highest BCUT2D eigenvalue weighted by atomic mass is 32.2. The molecule has 28 heavy (non-hydrogen) atoms. The largest absolute Gasteiger partial charge is 0.352 e. The van der Waals surface area contributed by atoms with Gasteiger partial charge >= 0.3 is 0 Å². The van der Waals surface area contributed by atoms with E-state index in [0.717, 1.165) is 11.8 Å². The molecule has 0 aliphatic carbocycles. The van der Waals surface area contributed by atoms with E-state index in [0.29, 0.717) is 34.2 Å². The van der Waals surface area contributed by atoms with Crippen molar-refractivity contribution >= 4 is 56.0 Å². The summed E-state index contributed by atoms with van der Waals surface area (Å²) in [6.07, 6.45) is 2.62. The molecule has 1 N–H and O–H groups in total. The van der Waals surface area contributed by atoms with Gasteiger partial charge in [-0.15, -0.1) is 0 Å². The van der Waals surface area contributed by atoms with Crippen molar-refractivity contribution < 1.29 is 22.4 Å². The summed E-state index contributed by atoms with van der Waals surface area (Å²) in [4.78, 5) is 26.4. The summed E-state index contributed by atoms with van der Waals surface area (Å²) in [6.45, 7) is 0.293. The maximum absolute atomic E-state index is 13.3. The molecule has 2 fully saturated rings. The Morgan fingerprint density at radius 1 is 1.43 bits per heavy atom. The number of nitrogens with zero attached hydrogens (tertiary/aromatic N) is 1. The minimum atomic E-state index is -3.04. The van der Waals surface area contributed by atoms with Crippen LogP contribution in [0.3, 0.4) is 0 Å². The topological polar surface area (TPSA) is 83.6 Å². The van der Waals surface area contributed by atoms with E-state index in [-0.39, 0.29) is 41.6 Å². The van der Waals surface area contributed by atoms with Crippen molar-refractivity contribution in [1.29, 1.82) is 0 Å². The zero-order valence-electron chi connectivity index (χ0n) is 14.9. The van der Waals surface area contributed by atoms with Crippen LogP contribution >= 0.6 is 24.0 Å². The number of thiocarbonyl (C=S) groups is 1. The fraction of sp³-hybridized carbons (Fsp3) is 0.389. The van der Waals surface area contributed by atoms with E-state index in [9.17, 15) is 22.4 Å². The molecule has 0 spiro atoms. The summed E-state index contributed by atoms with van der Waals surface area (Å²) >= 11 is 6.39. The van der Waals surface area contributed by atoms with Gasteiger partial charge in [-0.3, -0.25) is 14.5 Å². The highest BCUT2D eigenvalue weighted by Gasteiger charge is 2.32. The average Bonchev–Trinajstić information content (AvgIpc) is 3.08. The standard InChI is InChI=1S/C18H19FN2O4S3/c19-13-4-1-3-12(9-13)10-15-17(23)21(18(26)27-15)7-2-5-16(22)20-14-6-8-28(24,25)11-14/h1,3-4,9-10,14H,2,5-8,11H2,(H,20,22). The van der Waals surface area contributed by atoms with Crippen LogP contribution in [-0.2, 0) is 19.4 Å². The molecule has 3 rings (SSSR count). The van der Waals surface area contributed by atoms with Crippen molar-refractivity contribution in [2.24, 2.45) is 0 Å². The first-order chi connectivity index (χ1) is 13.2. The Labute approximate surface area is 172 Å². The second-order valence-corrected chi connectivity index (χ2v) is 10.6. The van der Waals surface area contributed by atoms with E-state index in [1.807, 2.05) is 0 Å². The van der Waals surface area contributed by atoms with Crippen LogP contribution < -0.4 is 5.32 Å². The molecule has 2 aliphatic rings. The molecule has 1 aromatic carbocycles. The van der Waals surface area contributed by atoms with Crippen LogP contribution in [0, 0.1) is 5.82 Å². The number of amides is 2. The van der Waals surface area contributed by atoms with Crippen molar-refractivity contribution in [3.05, 3.63) is 40.6 Å². The molecule has 2 saturated heterocycles. The number of nitrogens with one attached hydrogen (secondary N) is 1. The minimum absolute atomic E-state index is 0.0156. The third-order valence-electron chi connectivity index (χ3n) is 4.40. The summed E-state index contributed by atoms with van der Waals surface area (Å²) in [5.41, 5.74) is 0.575. The Bertz CT molecular complexity index is 946. The van der Waals surface area contributed by atoms with Gasteiger partial charge < -0.3 is 5.32 Å². The van der Waals surface area contributed by atoms with E-state index in [2.05, 4.69) is 5.32 Å². The molecular formula is C18H19FN2O4S3. The zero-order valence-corrected chi connectivity index (χ0v) is 17.3. The Morgan fingerprint density at radius 3 is 2.89 bits per heavy atom. The van der Waals surface area contributed by atoms with Crippen LogP contribution in [0.25, 0.3) is 6.08 Å². The minimum Gasteiger partial charge on any atom is -0.352 e. The number of hydrogen-bond donors (Lipinski definition) is 1. The van der Waals surface area contributed by atoms with Crippen molar-refractivity contribution in [3.8, 4) is 0 Å². The number of hydrogen-bond acceptors (Lipinski definition) is 6. The van der Waals surface area contributed by atoms with E-state index < -0.39 is 9.84 Å². The first-order valence-electron chi connectivity index (χ1n) is 8.74. The highest BCUT2D eigenvalue weighted by molar-refractivity contribution is 8.26. The van der Waals surface area contributed by atoms with Crippen LogP contribution in [0.2, 0.25) is 0 Å². The molecule has 10 heteroatoms. The van der Waals surface area contributed by atoms with Gasteiger partial charge in [-0.1, -0.05) is 36.1 Å².